The quantitative estimate of drug-likeness (QED) is 0.851. The highest BCUT2D eigenvalue weighted by Gasteiger charge is 2.46. The van der Waals surface area contributed by atoms with Gasteiger partial charge >= 0.3 is 6.09 Å². The van der Waals surface area contributed by atoms with E-state index in [2.05, 4.69) is 35.3 Å². The minimum Gasteiger partial charge on any atom is -0.440 e. The van der Waals surface area contributed by atoms with E-state index in [1.807, 2.05) is 18.4 Å². The molecular formula is C16H25N3O2S. The van der Waals surface area contributed by atoms with Crippen molar-refractivity contribution in [1.82, 2.24) is 14.7 Å². The SMILES string of the molecule is CN(C)Cc1csc(CN2CCC[C@]3(C2)CN(C)C(=O)O3)c1. The average Bonchev–Trinajstić information content (AvgIpc) is 2.95. The Morgan fingerprint density at radius 3 is 2.91 bits per heavy atom. The molecule has 2 fully saturated rings. The van der Waals surface area contributed by atoms with E-state index >= 15 is 0 Å². The number of amides is 1. The maximum atomic E-state index is 11.7. The van der Waals surface area contributed by atoms with E-state index in [9.17, 15) is 4.79 Å². The van der Waals surface area contributed by atoms with Crippen LogP contribution in [0.25, 0.3) is 0 Å². The van der Waals surface area contributed by atoms with Crippen LogP contribution in [0.5, 0.6) is 0 Å². The second-order valence-corrected chi connectivity index (χ2v) is 7.88. The monoisotopic (exact) mass is 323 g/mol. The van der Waals surface area contributed by atoms with E-state index < -0.39 is 0 Å². The Morgan fingerprint density at radius 1 is 1.41 bits per heavy atom. The largest absolute Gasteiger partial charge is 0.440 e. The van der Waals surface area contributed by atoms with Crippen molar-refractivity contribution < 1.29 is 9.53 Å². The van der Waals surface area contributed by atoms with Gasteiger partial charge in [-0.15, -0.1) is 11.3 Å². The van der Waals surface area contributed by atoms with Gasteiger partial charge in [-0.3, -0.25) is 4.90 Å². The molecule has 0 unspecified atom stereocenters. The predicted molar refractivity (Wildman–Crippen MR) is 88.1 cm³/mol. The molecule has 1 spiro atoms. The Morgan fingerprint density at radius 2 is 2.23 bits per heavy atom. The zero-order chi connectivity index (χ0) is 15.7. The molecule has 0 aliphatic carbocycles. The topological polar surface area (TPSA) is 36.0 Å². The molecule has 5 nitrogen and oxygen atoms in total. The van der Waals surface area contributed by atoms with Gasteiger partial charge in [0.05, 0.1) is 6.54 Å². The van der Waals surface area contributed by atoms with E-state index in [0.717, 1.165) is 45.6 Å². The third-order valence-corrected chi connectivity index (χ3v) is 5.32. The molecule has 2 aliphatic heterocycles. The van der Waals surface area contributed by atoms with Gasteiger partial charge in [0, 0.05) is 31.6 Å². The van der Waals surface area contributed by atoms with E-state index in [1.54, 1.807) is 4.90 Å². The van der Waals surface area contributed by atoms with E-state index in [4.69, 9.17) is 4.74 Å². The standard InChI is InChI=1S/C16H25N3O2S/c1-17(2)8-13-7-14(22-10-13)9-19-6-4-5-16(12-19)11-18(3)15(20)21-16/h7,10H,4-6,8-9,11-12H2,1-3H3/t16-/m1/s1. The summed E-state index contributed by atoms with van der Waals surface area (Å²) in [5, 5.41) is 2.25. The number of rotatable bonds is 4. The Labute approximate surface area is 136 Å². The summed E-state index contributed by atoms with van der Waals surface area (Å²) in [5.41, 5.74) is 1.09. The first-order chi connectivity index (χ1) is 10.5. The number of nitrogens with zero attached hydrogens (tertiary/aromatic N) is 3. The highest BCUT2D eigenvalue weighted by molar-refractivity contribution is 7.10. The summed E-state index contributed by atoms with van der Waals surface area (Å²) >= 11 is 1.83. The lowest BCUT2D eigenvalue weighted by atomic mass is 9.93. The molecule has 0 saturated carbocycles. The summed E-state index contributed by atoms with van der Waals surface area (Å²) in [6.07, 6.45) is 1.90. The van der Waals surface area contributed by atoms with E-state index in [1.165, 1.54) is 10.4 Å². The van der Waals surface area contributed by atoms with Crippen LogP contribution in [0.3, 0.4) is 0 Å². The molecule has 1 aromatic heterocycles. The number of thiophene rings is 1. The van der Waals surface area contributed by atoms with Gasteiger partial charge in [-0.2, -0.15) is 0 Å². The number of hydrogen-bond donors (Lipinski definition) is 0. The first kappa shape index (κ1) is 15.8. The minimum absolute atomic E-state index is 0.175. The number of hydrogen-bond acceptors (Lipinski definition) is 5. The van der Waals surface area contributed by atoms with Crippen LogP contribution in [-0.2, 0) is 17.8 Å². The second-order valence-electron chi connectivity index (χ2n) is 6.88. The normalized spacial score (nSPS) is 26.2. The predicted octanol–water partition coefficient (Wildman–Crippen LogP) is 2.23. The molecule has 0 aromatic carbocycles. The smallest absolute Gasteiger partial charge is 0.410 e. The van der Waals surface area contributed by atoms with E-state index in [0.29, 0.717) is 0 Å². The van der Waals surface area contributed by atoms with Gasteiger partial charge in [0.25, 0.3) is 0 Å². The summed E-state index contributed by atoms with van der Waals surface area (Å²) < 4.78 is 5.67. The lowest BCUT2D eigenvalue weighted by Crippen LogP contribution is -2.50. The van der Waals surface area contributed by atoms with E-state index in [-0.39, 0.29) is 11.7 Å². The highest BCUT2D eigenvalue weighted by Crippen LogP contribution is 2.32. The molecule has 6 heteroatoms. The molecule has 1 aromatic rings. The summed E-state index contributed by atoms with van der Waals surface area (Å²) in [6.45, 7) is 4.61. The van der Waals surface area contributed by atoms with Crippen LogP contribution in [-0.4, -0.2) is 67.2 Å². The average molecular weight is 323 g/mol. The highest BCUT2D eigenvalue weighted by atomic mass is 32.1. The summed E-state index contributed by atoms with van der Waals surface area (Å²) in [5.74, 6) is 0. The molecule has 0 bridgehead atoms. The van der Waals surface area contributed by atoms with Crippen LogP contribution in [0.4, 0.5) is 4.79 Å². The maximum Gasteiger partial charge on any atom is 0.410 e. The molecular weight excluding hydrogens is 298 g/mol. The van der Waals surface area contributed by atoms with Crippen LogP contribution >= 0.6 is 11.3 Å². The van der Waals surface area contributed by atoms with Crippen molar-refractivity contribution in [2.24, 2.45) is 0 Å². The molecule has 3 heterocycles. The van der Waals surface area contributed by atoms with Crippen LogP contribution < -0.4 is 0 Å². The lowest BCUT2D eigenvalue weighted by Gasteiger charge is -2.38. The summed E-state index contributed by atoms with van der Waals surface area (Å²) in [7, 11) is 6.01. The number of ether oxygens (including phenoxy) is 1. The van der Waals surface area contributed by atoms with Crippen molar-refractivity contribution in [2.45, 2.75) is 31.5 Å². The molecule has 0 radical (unpaired) electrons. The maximum absolute atomic E-state index is 11.7. The zero-order valence-electron chi connectivity index (χ0n) is 13.7. The number of carbonyl (C=O) groups is 1. The van der Waals surface area contributed by atoms with Crippen molar-refractivity contribution >= 4 is 17.4 Å². The Kier molecular flexibility index (Phi) is 4.43. The Bertz CT molecular complexity index is 545. The molecule has 2 aliphatic rings. The molecule has 3 rings (SSSR count). The fourth-order valence-electron chi connectivity index (χ4n) is 3.51. The molecule has 22 heavy (non-hydrogen) atoms. The summed E-state index contributed by atoms with van der Waals surface area (Å²) in [6, 6.07) is 2.30. The minimum atomic E-state index is -0.284. The number of carbonyl (C=O) groups excluding carboxylic acids is 1. The van der Waals surface area contributed by atoms with Gasteiger partial charge in [0.15, 0.2) is 0 Å². The van der Waals surface area contributed by atoms with Gasteiger partial charge in [-0.1, -0.05) is 0 Å². The van der Waals surface area contributed by atoms with Gasteiger partial charge in [-0.25, -0.2) is 4.79 Å². The van der Waals surface area contributed by atoms with Crippen molar-refractivity contribution in [3.05, 3.63) is 21.9 Å². The van der Waals surface area contributed by atoms with Gasteiger partial charge in [0.2, 0.25) is 0 Å². The lowest BCUT2D eigenvalue weighted by molar-refractivity contribution is -0.0110. The van der Waals surface area contributed by atoms with Crippen LogP contribution in [0.1, 0.15) is 23.3 Å². The Balaban J connectivity index is 1.61. The number of likely N-dealkylation sites (N-methyl/N-ethyl adjacent to an activating group) is 1. The van der Waals surface area contributed by atoms with Crippen LogP contribution in [0, 0.1) is 0 Å². The second kappa shape index (κ2) is 6.18. The summed E-state index contributed by atoms with van der Waals surface area (Å²) in [4.78, 5) is 19.4. The van der Waals surface area contributed by atoms with Crippen LogP contribution in [0.2, 0.25) is 0 Å². The van der Waals surface area contributed by atoms with Gasteiger partial charge in [0.1, 0.15) is 5.60 Å². The molecule has 0 N–H and O–H groups in total. The van der Waals surface area contributed by atoms with Gasteiger partial charge < -0.3 is 14.5 Å². The van der Waals surface area contributed by atoms with Crippen molar-refractivity contribution in [2.75, 3.05) is 40.8 Å². The first-order valence-corrected chi connectivity index (χ1v) is 8.71. The van der Waals surface area contributed by atoms with Crippen molar-refractivity contribution in [1.29, 1.82) is 0 Å². The fraction of sp³-hybridized carbons (Fsp3) is 0.688. The first-order valence-electron chi connectivity index (χ1n) is 7.83. The molecule has 2 saturated heterocycles. The number of likely N-dealkylation sites (tertiary alicyclic amines) is 1. The third kappa shape index (κ3) is 3.45. The number of piperidine rings is 1. The fourth-order valence-corrected chi connectivity index (χ4v) is 4.43. The van der Waals surface area contributed by atoms with Crippen molar-refractivity contribution in [3.8, 4) is 0 Å². The van der Waals surface area contributed by atoms with Gasteiger partial charge in [-0.05, 0) is 50.5 Å². The third-order valence-electron chi connectivity index (χ3n) is 4.35. The Hall–Kier alpha value is -1.11. The van der Waals surface area contributed by atoms with Crippen molar-refractivity contribution in [3.63, 3.8) is 0 Å². The molecule has 1 atom stereocenters. The van der Waals surface area contributed by atoms with Crippen LogP contribution in [0.15, 0.2) is 11.4 Å². The zero-order valence-corrected chi connectivity index (χ0v) is 14.5. The molecule has 122 valence electrons. The molecule has 1 amide bonds.